The van der Waals surface area contributed by atoms with Gasteiger partial charge in [-0.2, -0.15) is 9.97 Å². The van der Waals surface area contributed by atoms with Crippen LogP contribution in [-0.2, 0) is 22.6 Å². The second-order valence-electron chi connectivity index (χ2n) is 20.1. The van der Waals surface area contributed by atoms with Crippen molar-refractivity contribution in [3.8, 4) is 23.0 Å². The summed E-state index contributed by atoms with van der Waals surface area (Å²) in [6.07, 6.45) is 10.9. The summed E-state index contributed by atoms with van der Waals surface area (Å²) in [4.78, 5) is 61.6. The number of anilines is 2. The minimum atomic E-state index is -1.05. The fourth-order valence-electron chi connectivity index (χ4n) is 12.1. The monoisotopic (exact) mass is 909 g/mol. The van der Waals surface area contributed by atoms with Gasteiger partial charge in [0.15, 0.2) is 5.82 Å². The smallest absolute Gasteiger partial charge is 0.319 e. The van der Waals surface area contributed by atoms with Crippen LogP contribution in [0, 0.1) is 17.7 Å². The lowest BCUT2D eigenvalue weighted by Crippen LogP contribution is -2.61. The fraction of sp³-hybridized carbons (Fsp3) is 0.500. The number of fused-ring (bicyclic) bond motifs is 5. The number of nitrogens with one attached hydrogen (secondary N) is 2. The highest BCUT2D eigenvalue weighted by atomic mass is 19.1. The molecule has 5 aromatic rings. The normalized spacial score (nSPS) is 24.0. The summed E-state index contributed by atoms with van der Waals surface area (Å²) in [6.45, 7) is 10.7. The largest absolute Gasteiger partial charge is 0.508 e. The summed E-state index contributed by atoms with van der Waals surface area (Å²) < 4.78 is 23.4. The maximum absolute atomic E-state index is 17.1. The van der Waals surface area contributed by atoms with Crippen molar-refractivity contribution < 1.29 is 28.6 Å². The number of aryl methyl sites for hydroxylation is 1. The zero-order valence-corrected chi connectivity index (χ0v) is 38.5. The molecule has 11 rings (SSSR count). The van der Waals surface area contributed by atoms with E-state index in [0.717, 1.165) is 118 Å². The number of benzene rings is 3. The van der Waals surface area contributed by atoms with E-state index in [1.165, 1.54) is 6.42 Å². The van der Waals surface area contributed by atoms with Crippen molar-refractivity contribution >= 4 is 50.9 Å². The van der Waals surface area contributed by atoms with E-state index in [-0.39, 0.29) is 41.2 Å². The van der Waals surface area contributed by atoms with Crippen LogP contribution in [0.3, 0.4) is 0 Å². The van der Waals surface area contributed by atoms with Gasteiger partial charge in [-0.25, -0.2) is 4.39 Å². The van der Waals surface area contributed by atoms with Gasteiger partial charge in [-0.3, -0.25) is 29.6 Å². The number of hydrogen-bond acceptors (Lipinski definition) is 12. The molecule has 0 radical (unpaired) electrons. The molecule has 0 saturated carbocycles. The number of hydrogen-bond donors (Lipinski definition) is 3. The van der Waals surface area contributed by atoms with Gasteiger partial charge in [0.1, 0.15) is 34.9 Å². The highest BCUT2D eigenvalue weighted by Crippen LogP contribution is 2.42. The third-order valence-electron chi connectivity index (χ3n) is 15.9. The average molecular weight is 910 g/mol. The summed E-state index contributed by atoms with van der Waals surface area (Å²) >= 11 is 0. The lowest BCUT2D eigenvalue weighted by Gasteiger charge is -2.40. The predicted molar refractivity (Wildman–Crippen MR) is 255 cm³/mol. The molecule has 350 valence electrons. The van der Waals surface area contributed by atoms with Gasteiger partial charge in [-0.05, 0) is 130 Å². The van der Waals surface area contributed by atoms with Gasteiger partial charge in [-0.15, -0.1) is 0 Å². The molecular weight excluding hydrogens is 850 g/mol. The quantitative estimate of drug-likeness (QED) is 0.120. The Labute approximate surface area is 390 Å². The van der Waals surface area contributed by atoms with E-state index in [1.54, 1.807) is 30.2 Å². The van der Waals surface area contributed by atoms with Crippen molar-refractivity contribution in [2.75, 3.05) is 62.2 Å². The maximum Gasteiger partial charge on any atom is 0.319 e. The molecule has 5 fully saturated rings. The molecule has 15 heteroatoms. The van der Waals surface area contributed by atoms with E-state index in [1.807, 2.05) is 30.3 Å². The molecule has 0 aliphatic carbocycles. The molecular formula is C52H60FN9O5. The fourth-order valence-corrected chi connectivity index (χ4v) is 12.1. The summed E-state index contributed by atoms with van der Waals surface area (Å²) in [7, 11) is 0. The topological polar surface area (TPSA) is 156 Å². The van der Waals surface area contributed by atoms with Gasteiger partial charge in [0, 0.05) is 86.3 Å². The first-order valence-electron chi connectivity index (χ1n) is 24.5. The number of phenols is 1. The molecule has 3 aromatic carbocycles. The number of carbonyl (C=O) groups excluding carboxylic acids is 3. The van der Waals surface area contributed by atoms with E-state index < -0.39 is 17.3 Å². The first-order valence-corrected chi connectivity index (χ1v) is 24.5. The van der Waals surface area contributed by atoms with Crippen molar-refractivity contribution in [1.29, 1.82) is 0 Å². The van der Waals surface area contributed by atoms with Gasteiger partial charge >= 0.3 is 6.01 Å². The van der Waals surface area contributed by atoms with E-state index in [9.17, 15) is 19.5 Å². The second-order valence-corrected chi connectivity index (χ2v) is 20.1. The number of amides is 3. The Bertz CT molecular complexity index is 2760. The van der Waals surface area contributed by atoms with E-state index in [0.29, 0.717) is 65.8 Å². The second kappa shape index (κ2) is 17.6. The number of halogens is 1. The van der Waals surface area contributed by atoms with E-state index in [2.05, 4.69) is 38.3 Å². The summed E-state index contributed by atoms with van der Waals surface area (Å²) in [5, 5.41) is 19.1. The van der Waals surface area contributed by atoms with Crippen LogP contribution in [0.4, 0.5) is 15.9 Å². The number of pyridine rings is 1. The summed E-state index contributed by atoms with van der Waals surface area (Å²) in [5.41, 5.74) is 3.57. The first kappa shape index (κ1) is 43.6. The first-order chi connectivity index (χ1) is 32.5. The predicted octanol–water partition coefficient (Wildman–Crippen LogP) is 6.74. The van der Waals surface area contributed by atoms with Crippen molar-refractivity contribution in [1.82, 2.24) is 35.4 Å². The number of carbonyl (C=O) groups is 3. The minimum absolute atomic E-state index is 0.0515. The van der Waals surface area contributed by atoms with Crippen LogP contribution in [-0.4, -0.2) is 118 Å². The molecule has 6 aliphatic rings. The molecule has 3 unspecified atom stereocenters. The van der Waals surface area contributed by atoms with Crippen molar-refractivity contribution in [2.24, 2.45) is 11.8 Å². The highest BCUT2D eigenvalue weighted by molar-refractivity contribution is 6.08. The standard InChI is InChI=1S/C52H60FN9O5/c1-3-33-6-4-7-34-25-37(63)26-39(44(33)34)46-45(53)47-40(27-54-46)48(61-28-35-10-11-36(29-61)55-35)58-51(57-47)67-23-22-59-18-13-31(14-19-59)24-32-15-20-60(21-16-32)42-9-5-8-38-41(42)30-62(49(38)65)52(2)17-12-43(64)56-50(52)66/h4-9,25-27,31-32,35-36,55,63H,3,10-24,28-30H2,1-2H3,(H,56,64,66). The Morgan fingerprint density at radius 3 is 2.39 bits per heavy atom. The van der Waals surface area contributed by atoms with Crippen molar-refractivity contribution in [2.45, 2.75) is 102 Å². The molecule has 67 heavy (non-hydrogen) atoms. The zero-order chi connectivity index (χ0) is 46.0. The van der Waals surface area contributed by atoms with Crippen LogP contribution in [0.1, 0.15) is 93.1 Å². The number of ether oxygens (including phenoxy) is 1. The number of nitrogens with zero attached hydrogens (tertiary/aromatic N) is 7. The molecule has 3 amide bonds. The SMILES string of the molecule is CCc1cccc2cc(O)cc(-c3ncc4c(N5CC6CCC(C5)N6)nc(OCCN5CCC(CC6CCN(c7cccc8c7CN(C7(C)CCC(=O)NC7=O)C8=O)CC6)CC5)nc4c3F)c12. The number of piperidine rings is 3. The van der Waals surface area contributed by atoms with Crippen LogP contribution in [0.5, 0.6) is 11.8 Å². The summed E-state index contributed by atoms with van der Waals surface area (Å²) in [5.74, 6) is 0.632. The molecule has 3 N–H and O–H groups in total. The molecule has 3 atom stereocenters. The Morgan fingerprint density at radius 1 is 0.896 bits per heavy atom. The molecule has 5 saturated heterocycles. The Hall–Kier alpha value is -5.93. The number of rotatable bonds is 11. The molecule has 2 bridgehead atoms. The third kappa shape index (κ3) is 8.11. The van der Waals surface area contributed by atoms with Crippen molar-refractivity contribution in [3.63, 3.8) is 0 Å². The maximum atomic E-state index is 17.1. The molecule has 2 aromatic heterocycles. The van der Waals surface area contributed by atoms with Crippen LogP contribution in [0.25, 0.3) is 32.9 Å². The van der Waals surface area contributed by atoms with E-state index in [4.69, 9.17) is 19.7 Å². The highest BCUT2D eigenvalue weighted by Gasteiger charge is 2.49. The minimum Gasteiger partial charge on any atom is -0.508 e. The number of imide groups is 1. The molecule has 0 spiro atoms. The third-order valence-corrected chi connectivity index (χ3v) is 15.9. The van der Waals surface area contributed by atoms with Gasteiger partial charge in [0.25, 0.3) is 11.8 Å². The van der Waals surface area contributed by atoms with Gasteiger partial charge in [0.2, 0.25) is 5.91 Å². The van der Waals surface area contributed by atoms with Gasteiger partial charge < -0.3 is 29.9 Å². The lowest BCUT2D eigenvalue weighted by molar-refractivity contribution is -0.142. The zero-order valence-electron chi connectivity index (χ0n) is 38.5. The number of aromatic hydroxyl groups is 1. The molecule has 6 aliphatic heterocycles. The number of piperazine rings is 1. The van der Waals surface area contributed by atoms with Gasteiger partial charge in [-0.1, -0.05) is 31.2 Å². The number of likely N-dealkylation sites (tertiary alicyclic amines) is 1. The van der Waals surface area contributed by atoms with Crippen molar-refractivity contribution in [3.05, 3.63) is 77.2 Å². The Balaban J connectivity index is 0.722. The number of phenolic OH excluding ortho intramolecular Hbond substituents is 1. The molecule has 14 nitrogen and oxygen atoms in total. The average Bonchev–Trinajstić information content (AvgIpc) is 3.87. The Morgan fingerprint density at radius 2 is 1.64 bits per heavy atom. The van der Waals surface area contributed by atoms with Gasteiger partial charge in [0.05, 0.1) is 5.39 Å². The van der Waals surface area contributed by atoms with Crippen LogP contribution in [0.2, 0.25) is 0 Å². The Kier molecular flexibility index (Phi) is 11.5. The molecule has 8 heterocycles. The van der Waals surface area contributed by atoms with Crippen LogP contribution in [0.15, 0.2) is 54.7 Å². The summed E-state index contributed by atoms with van der Waals surface area (Å²) in [6, 6.07) is 16.0. The van der Waals surface area contributed by atoms with Crippen LogP contribution < -0.4 is 25.2 Å². The van der Waals surface area contributed by atoms with Crippen LogP contribution >= 0.6 is 0 Å². The number of aromatic nitrogens is 3. The lowest BCUT2D eigenvalue weighted by atomic mass is 9.82. The van der Waals surface area contributed by atoms with E-state index >= 15 is 4.39 Å².